The first-order valence-corrected chi connectivity index (χ1v) is 8.02. The van der Waals surface area contributed by atoms with E-state index in [1.54, 1.807) is 0 Å². The molecule has 1 aromatic heterocycles. The molecule has 0 fully saturated rings. The second kappa shape index (κ2) is 8.65. The molecule has 1 N–H and O–H groups in total. The summed E-state index contributed by atoms with van der Waals surface area (Å²) in [4.78, 5) is 2.18. The Morgan fingerprint density at radius 3 is 2.70 bits per heavy atom. The van der Waals surface area contributed by atoms with Crippen molar-refractivity contribution in [3.63, 3.8) is 0 Å². The van der Waals surface area contributed by atoms with Gasteiger partial charge in [-0.1, -0.05) is 25.1 Å². The van der Waals surface area contributed by atoms with Crippen LogP contribution < -0.4 is 0 Å². The van der Waals surface area contributed by atoms with E-state index in [4.69, 9.17) is 0 Å². The van der Waals surface area contributed by atoms with Crippen LogP contribution in [0, 0.1) is 5.82 Å². The highest BCUT2D eigenvalue weighted by atomic mass is 19.1. The van der Waals surface area contributed by atoms with Crippen LogP contribution in [0.15, 0.2) is 55.3 Å². The SMILES string of the molecule is C=CCN(Cc1cccn1Cc1ccc(F)cc1)CC(O)CC. The van der Waals surface area contributed by atoms with Gasteiger partial charge in [0.05, 0.1) is 6.10 Å². The molecule has 0 radical (unpaired) electrons. The van der Waals surface area contributed by atoms with Crippen molar-refractivity contribution in [1.82, 2.24) is 9.47 Å². The van der Waals surface area contributed by atoms with Gasteiger partial charge in [0, 0.05) is 38.1 Å². The smallest absolute Gasteiger partial charge is 0.123 e. The van der Waals surface area contributed by atoms with Gasteiger partial charge in [0.2, 0.25) is 0 Å². The standard InChI is InChI=1S/C19H25FN2O/c1-3-11-21(15-19(23)4-2)14-18-6-5-12-22(18)13-16-7-9-17(20)10-8-16/h3,5-10,12,19,23H,1,4,11,13-15H2,2H3. The molecule has 0 saturated heterocycles. The third kappa shape index (κ3) is 5.34. The Hall–Kier alpha value is -1.91. The topological polar surface area (TPSA) is 28.4 Å². The zero-order valence-corrected chi connectivity index (χ0v) is 13.7. The minimum atomic E-state index is -0.324. The van der Waals surface area contributed by atoms with E-state index < -0.39 is 0 Å². The Morgan fingerprint density at radius 1 is 1.30 bits per heavy atom. The van der Waals surface area contributed by atoms with Gasteiger partial charge in [0.1, 0.15) is 5.82 Å². The lowest BCUT2D eigenvalue weighted by Crippen LogP contribution is -2.32. The van der Waals surface area contributed by atoms with Gasteiger partial charge in [-0.3, -0.25) is 4.90 Å². The van der Waals surface area contributed by atoms with E-state index in [2.05, 4.69) is 22.1 Å². The van der Waals surface area contributed by atoms with Crippen LogP contribution in [-0.4, -0.2) is 33.8 Å². The van der Waals surface area contributed by atoms with E-state index >= 15 is 0 Å². The summed E-state index contributed by atoms with van der Waals surface area (Å²) in [5.41, 5.74) is 2.23. The quantitative estimate of drug-likeness (QED) is 0.718. The van der Waals surface area contributed by atoms with Crippen molar-refractivity contribution in [2.24, 2.45) is 0 Å². The van der Waals surface area contributed by atoms with E-state index in [9.17, 15) is 9.50 Å². The van der Waals surface area contributed by atoms with Crippen LogP contribution in [0.5, 0.6) is 0 Å². The summed E-state index contributed by atoms with van der Waals surface area (Å²) < 4.78 is 15.2. The molecular formula is C19H25FN2O. The van der Waals surface area contributed by atoms with E-state index in [1.807, 2.05) is 37.4 Å². The number of halogens is 1. The monoisotopic (exact) mass is 316 g/mol. The number of aromatic nitrogens is 1. The third-order valence-electron chi connectivity index (χ3n) is 3.90. The number of rotatable bonds is 9. The Bertz CT molecular complexity index is 606. The number of benzene rings is 1. The molecule has 1 unspecified atom stereocenters. The lowest BCUT2D eigenvalue weighted by Gasteiger charge is -2.24. The molecule has 0 aliphatic carbocycles. The summed E-state index contributed by atoms with van der Waals surface area (Å²) in [5.74, 6) is -0.216. The fourth-order valence-corrected chi connectivity index (χ4v) is 2.58. The van der Waals surface area contributed by atoms with Gasteiger partial charge in [-0.2, -0.15) is 0 Å². The zero-order valence-electron chi connectivity index (χ0n) is 13.7. The van der Waals surface area contributed by atoms with Crippen LogP contribution in [-0.2, 0) is 13.1 Å². The number of hydrogen-bond donors (Lipinski definition) is 1. The molecule has 0 aliphatic heterocycles. The Labute approximate surface area is 137 Å². The minimum absolute atomic E-state index is 0.216. The van der Waals surface area contributed by atoms with Crippen LogP contribution in [0.25, 0.3) is 0 Å². The number of aliphatic hydroxyl groups is 1. The van der Waals surface area contributed by atoms with E-state index in [-0.39, 0.29) is 11.9 Å². The molecule has 1 heterocycles. The van der Waals surface area contributed by atoms with Crippen LogP contribution >= 0.6 is 0 Å². The summed E-state index contributed by atoms with van der Waals surface area (Å²) >= 11 is 0. The van der Waals surface area contributed by atoms with Crippen molar-refractivity contribution in [3.8, 4) is 0 Å². The van der Waals surface area contributed by atoms with Gasteiger partial charge in [0.15, 0.2) is 0 Å². The van der Waals surface area contributed by atoms with Crippen molar-refractivity contribution >= 4 is 0 Å². The average Bonchev–Trinajstić information content (AvgIpc) is 2.96. The van der Waals surface area contributed by atoms with Crippen LogP contribution in [0.4, 0.5) is 4.39 Å². The van der Waals surface area contributed by atoms with Crippen molar-refractivity contribution in [2.45, 2.75) is 32.5 Å². The van der Waals surface area contributed by atoms with Crippen LogP contribution in [0.2, 0.25) is 0 Å². The van der Waals surface area contributed by atoms with E-state index in [0.29, 0.717) is 13.1 Å². The summed E-state index contributed by atoms with van der Waals surface area (Å²) in [6.07, 6.45) is 4.30. The molecule has 1 atom stereocenters. The van der Waals surface area contributed by atoms with E-state index in [1.165, 1.54) is 17.8 Å². The molecule has 1 aromatic carbocycles. The summed E-state index contributed by atoms with van der Waals surface area (Å²) in [6.45, 7) is 8.60. The summed E-state index contributed by atoms with van der Waals surface area (Å²) in [5, 5.41) is 9.90. The molecule has 4 heteroatoms. The maximum Gasteiger partial charge on any atom is 0.123 e. The predicted octanol–water partition coefficient (Wildman–Crippen LogP) is 3.43. The van der Waals surface area contributed by atoms with Crippen molar-refractivity contribution < 1.29 is 9.50 Å². The Balaban J connectivity index is 2.06. The lowest BCUT2D eigenvalue weighted by molar-refractivity contribution is 0.111. The maximum atomic E-state index is 13.0. The largest absolute Gasteiger partial charge is 0.392 e. The number of nitrogens with zero attached hydrogens (tertiary/aromatic N) is 2. The lowest BCUT2D eigenvalue weighted by atomic mass is 10.2. The molecule has 0 spiro atoms. The van der Waals surface area contributed by atoms with Gasteiger partial charge in [-0.05, 0) is 36.2 Å². The molecule has 2 aromatic rings. The number of hydrogen-bond acceptors (Lipinski definition) is 2. The molecule has 2 rings (SSSR count). The summed E-state index contributed by atoms with van der Waals surface area (Å²) in [7, 11) is 0. The third-order valence-corrected chi connectivity index (χ3v) is 3.90. The Kier molecular flexibility index (Phi) is 6.56. The fraction of sp³-hybridized carbons (Fsp3) is 0.368. The van der Waals surface area contributed by atoms with Gasteiger partial charge in [0.25, 0.3) is 0 Å². The minimum Gasteiger partial charge on any atom is -0.392 e. The molecule has 0 saturated carbocycles. The van der Waals surface area contributed by atoms with Gasteiger partial charge in [-0.15, -0.1) is 6.58 Å². The second-order valence-electron chi connectivity index (χ2n) is 5.80. The van der Waals surface area contributed by atoms with Crippen molar-refractivity contribution in [1.29, 1.82) is 0 Å². The van der Waals surface area contributed by atoms with Crippen molar-refractivity contribution in [2.75, 3.05) is 13.1 Å². The van der Waals surface area contributed by atoms with Crippen LogP contribution in [0.1, 0.15) is 24.6 Å². The molecular weight excluding hydrogens is 291 g/mol. The van der Waals surface area contributed by atoms with Crippen LogP contribution in [0.3, 0.4) is 0 Å². The molecule has 0 bridgehead atoms. The Morgan fingerprint density at radius 2 is 2.04 bits per heavy atom. The first-order valence-electron chi connectivity index (χ1n) is 8.02. The highest BCUT2D eigenvalue weighted by Crippen LogP contribution is 2.12. The average molecular weight is 316 g/mol. The fourth-order valence-electron chi connectivity index (χ4n) is 2.58. The molecule has 23 heavy (non-hydrogen) atoms. The normalized spacial score (nSPS) is 12.5. The van der Waals surface area contributed by atoms with Gasteiger partial charge < -0.3 is 9.67 Å². The highest BCUT2D eigenvalue weighted by Gasteiger charge is 2.12. The first-order chi connectivity index (χ1) is 11.1. The second-order valence-corrected chi connectivity index (χ2v) is 5.80. The van der Waals surface area contributed by atoms with E-state index in [0.717, 1.165) is 25.1 Å². The van der Waals surface area contributed by atoms with Gasteiger partial charge in [-0.25, -0.2) is 4.39 Å². The molecule has 3 nitrogen and oxygen atoms in total. The molecule has 0 amide bonds. The van der Waals surface area contributed by atoms with Gasteiger partial charge >= 0.3 is 0 Å². The predicted molar refractivity (Wildman–Crippen MR) is 91.7 cm³/mol. The molecule has 124 valence electrons. The summed E-state index contributed by atoms with van der Waals surface area (Å²) in [6, 6.07) is 10.7. The first kappa shape index (κ1) is 17.4. The number of aliphatic hydroxyl groups excluding tert-OH is 1. The zero-order chi connectivity index (χ0) is 16.7. The highest BCUT2D eigenvalue weighted by molar-refractivity contribution is 5.18. The van der Waals surface area contributed by atoms with Crippen molar-refractivity contribution in [3.05, 3.63) is 72.3 Å². The maximum absolute atomic E-state index is 13.0. The molecule has 0 aliphatic rings.